The SMILES string of the molecule is CCC(CN)C(=O)Nc1ccncc1F. The van der Waals surface area contributed by atoms with Gasteiger partial charge in [-0.2, -0.15) is 0 Å². The van der Waals surface area contributed by atoms with Crippen LogP contribution in [-0.2, 0) is 4.79 Å². The predicted octanol–water partition coefficient (Wildman–Crippen LogP) is 1.14. The molecular formula is C10H14FN3O. The minimum atomic E-state index is -0.544. The lowest BCUT2D eigenvalue weighted by Crippen LogP contribution is -2.28. The number of aromatic nitrogens is 1. The average Bonchev–Trinajstić information content (AvgIpc) is 2.23. The van der Waals surface area contributed by atoms with E-state index in [0.717, 1.165) is 6.20 Å². The van der Waals surface area contributed by atoms with Crippen molar-refractivity contribution in [3.05, 3.63) is 24.3 Å². The Morgan fingerprint density at radius 1 is 1.73 bits per heavy atom. The van der Waals surface area contributed by atoms with Crippen LogP contribution in [0.2, 0.25) is 0 Å². The van der Waals surface area contributed by atoms with Crippen molar-refractivity contribution in [2.75, 3.05) is 11.9 Å². The second kappa shape index (κ2) is 5.41. The van der Waals surface area contributed by atoms with Crippen molar-refractivity contribution in [2.24, 2.45) is 11.7 Å². The monoisotopic (exact) mass is 211 g/mol. The second-order valence-electron chi connectivity index (χ2n) is 3.19. The maximum absolute atomic E-state index is 13.1. The molecule has 0 aliphatic heterocycles. The minimum Gasteiger partial charge on any atom is -0.330 e. The third-order valence-corrected chi connectivity index (χ3v) is 2.18. The molecule has 0 saturated heterocycles. The summed E-state index contributed by atoms with van der Waals surface area (Å²) in [6.45, 7) is 2.12. The van der Waals surface area contributed by atoms with Crippen LogP contribution < -0.4 is 11.1 Å². The summed E-state index contributed by atoms with van der Waals surface area (Å²) >= 11 is 0. The molecule has 1 aromatic heterocycles. The smallest absolute Gasteiger partial charge is 0.228 e. The standard InChI is InChI=1S/C10H14FN3O/c1-2-7(5-12)10(15)14-9-3-4-13-6-8(9)11/h3-4,6-7H,2,5,12H2,1H3,(H,13,14,15). The lowest BCUT2D eigenvalue weighted by atomic mass is 10.1. The molecular weight excluding hydrogens is 197 g/mol. The van der Waals surface area contributed by atoms with E-state index in [-0.39, 0.29) is 24.1 Å². The number of hydrogen-bond acceptors (Lipinski definition) is 3. The van der Waals surface area contributed by atoms with Crippen LogP contribution >= 0.6 is 0 Å². The molecule has 0 aromatic carbocycles. The number of anilines is 1. The quantitative estimate of drug-likeness (QED) is 0.784. The van der Waals surface area contributed by atoms with Gasteiger partial charge in [0.1, 0.15) is 0 Å². The van der Waals surface area contributed by atoms with E-state index in [2.05, 4.69) is 10.3 Å². The first kappa shape index (κ1) is 11.6. The molecule has 0 saturated carbocycles. The van der Waals surface area contributed by atoms with Crippen LogP contribution in [0.25, 0.3) is 0 Å². The fourth-order valence-electron chi connectivity index (χ4n) is 1.17. The summed E-state index contributed by atoms with van der Waals surface area (Å²) in [5.41, 5.74) is 5.55. The van der Waals surface area contributed by atoms with E-state index in [0.29, 0.717) is 6.42 Å². The van der Waals surface area contributed by atoms with Crippen LogP contribution in [0.1, 0.15) is 13.3 Å². The van der Waals surface area contributed by atoms with Gasteiger partial charge in [-0.15, -0.1) is 0 Å². The van der Waals surface area contributed by atoms with Crippen LogP contribution in [0.3, 0.4) is 0 Å². The third-order valence-electron chi connectivity index (χ3n) is 2.18. The molecule has 1 heterocycles. The fraction of sp³-hybridized carbons (Fsp3) is 0.400. The molecule has 1 rings (SSSR count). The number of nitrogens with two attached hydrogens (primary N) is 1. The molecule has 0 fully saturated rings. The zero-order chi connectivity index (χ0) is 11.3. The highest BCUT2D eigenvalue weighted by atomic mass is 19.1. The Labute approximate surface area is 87.7 Å². The lowest BCUT2D eigenvalue weighted by Gasteiger charge is -2.12. The van der Waals surface area contributed by atoms with E-state index in [9.17, 15) is 9.18 Å². The summed E-state index contributed by atoms with van der Waals surface area (Å²) in [5.74, 6) is -1.08. The van der Waals surface area contributed by atoms with Gasteiger partial charge in [0.2, 0.25) is 5.91 Å². The zero-order valence-corrected chi connectivity index (χ0v) is 8.53. The average molecular weight is 211 g/mol. The summed E-state index contributed by atoms with van der Waals surface area (Å²) in [6, 6.07) is 1.41. The Balaban J connectivity index is 2.70. The molecule has 15 heavy (non-hydrogen) atoms. The lowest BCUT2D eigenvalue weighted by molar-refractivity contribution is -0.119. The van der Waals surface area contributed by atoms with Gasteiger partial charge < -0.3 is 11.1 Å². The van der Waals surface area contributed by atoms with Crippen molar-refractivity contribution < 1.29 is 9.18 Å². The number of amides is 1. The molecule has 4 nitrogen and oxygen atoms in total. The Hall–Kier alpha value is -1.49. The number of pyridine rings is 1. The van der Waals surface area contributed by atoms with Crippen molar-refractivity contribution in [1.82, 2.24) is 4.98 Å². The first-order chi connectivity index (χ1) is 7.19. The van der Waals surface area contributed by atoms with E-state index in [1.54, 1.807) is 0 Å². The summed E-state index contributed by atoms with van der Waals surface area (Å²) in [4.78, 5) is 15.1. The van der Waals surface area contributed by atoms with Gasteiger partial charge in [-0.25, -0.2) is 4.39 Å². The molecule has 0 bridgehead atoms. The maximum Gasteiger partial charge on any atom is 0.228 e. The highest BCUT2D eigenvalue weighted by molar-refractivity contribution is 5.92. The van der Waals surface area contributed by atoms with E-state index < -0.39 is 5.82 Å². The Morgan fingerprint density at radius 3 is 3.00 bits per heavy atom. The zero-order valence-electron chi connectivity index (χ0n) is 8.53. The highest BCUT2D eigenvalue weighted by Crippen LogP contribution is 2.13. The van der Waals surface area contributed by atoms with Gasteiger partial charge in [0.25, 0.3) is 0 Å². The molecule has 1 aromatic rings. The molecule has 0 aliphatic rings. The minimum absolute atomic E-state index is 0.141. The van der Waals surface area contributed by atoms with Gasteiger partial charge in [0.15, 0.2) is 5.82 Å². The molecule has 1 unspecified atom stereocenters. The first-order valence-corrected chi connectivity index (χ1v) is 4.79. The summed E-state index contributed by atoms with van der Waals surface area (Å²) in [6.07, 6.45) is 3.11. The van der Waals surface area contributed by atoms with Gasteiger partial charge in [0.05, 0.1) is 17.8 Å². The van der Waals surface area contributed by atoms with Crippen LogP contribution in [0.15, 0.2) is 18.5 Å². The number of rotatable bonds is 4. The summed E-state index contributed by atoms with van der Waals surface area (Å²) in [5, 5.41) is 2.48. The van der Waals surface area contributed by atoms with Gasteiger partial charge in [-0.1, -0.05) is 6.92 Å². The Bertz CT molecular complexity index is 339. The van der Waals surface area contributed by atoms with Gasteiger partial charge in [-0.05, 0) is 12.5 Å². The van der Waals surface area contributed by atoms with Crippen molar-refractivity contribution in [2.45, 2.75) is 13.3 Å². The van der Waals surface area contributed by atoms with Crippen LogP contribution in [0, 0.1) is 11.7 Å². The van der Waals surface area contributed by atoms with Gasteiger partial charge in [-0.3, -0.25) is 9.78 Å². The summed E-state index contributed by atoms with van der Waals surface area (Å²) < 4.78 is 13.1. The molecule has 5 heteroatoms. The van der Waals surface area contributed by atoms with Crippen LogP contribution in [0.5, 0.6) is 0 Å². The van der Waals surface area contributed by atoms with E-state index in [1.807, 2.05) is 6.92 Å². The van der Waals surface area contributed by atoms with E-state index >= 15 is 0 Å². The molecule has 0 radical (unpaired) electrons. The van der Waals surface area contributed by atoms with Crippen molar-refractivity contribution in [3.8, 4) is 0 Å². The molecule has 0 spiro atoms. The van der Waals surface area contributed by atoms with Crippen LogP contribution in [0.4, 0.5) is 10.1 Å². The Kier molecular flexibility index (Phi) is 4.17. The second-order valence-corrected chi connectivity index (χ2v) is 3.19. The number of nitrogens with zero attached hydrogens (tertiary/aromatic N) is 1. The van der Waals surface area contributed by atoms with Crippen molar-refractivity contribution in [1.29, 1.82) is 0 Å². The number of carbonyl (C=O) groups excluding carboxylic acids is 1. The normalized spacial score (nSPS) is 12.2. The van der Waals surface area contributed by atoms with Crippen molar-refractivity contribution >= 4 is 11.6 Å². The maximum atomic E-state index is 13.1. The number of carbonyl (C=O) groups is 1. The predicted molar refractivity (Wildman–Crippen MR) is 55.7 cm³/mol. The van der Waals surface area contributed by atoms with E-state index in [4.69, 9.17) is 5.73 Å². The molecule has 82 valence electrons. The van der Waals surface area contributed by atoms with E-state index in [1.165, 1.54) is 12.3 Å². The third kappa shape index (κ3) is 2.99. The summed E-state index contributed by atoms with van der Waals surface area (Å²) in [7, 11) is 0. The number of nitrogens with one attached hydrogen (secondary N) is 1. The van der Waals surface area contributed by atoms with Crippen molar-refractivity contribution in [3.63, 3.8) is 0 Å². The Morgan fingerprint density at radius 2 is 2.47 bits per heavy atom. The molecule has 1 atom stereocenters. The molecule has 1 amide bonds. The topological polar surface area (TPSA) is 68.0 Å². The number of hydrogen-bond donors (Lipinski definition) is 2. The largest absolute Gasteiger partial charge is 0.330 e. The molecule has 3 N–H and O–H groups in total. The fourth-order valence-corrected chi connectivity index (χ4v) is 1.17. The number of halogens is 1. The van der Waals surface area contributed by atoms with Gasteiger partial charge >= 0.3 is 0 Å². The van der Waals surface area contributed by atoms with Crippen LogP contribution in [-0.4, -0.2) is 17.4 Å². The molecule has 0 aliphatic carbocycles. The van der Waals surface area contributed by atoms with Gasteiger partial charge in [0, 0.05) is 12.7 Å². The first-order valence-electron chi connectivity index (χ1n) is 4.79. The highest BCUT2D eigenvalue weighted by Gasteiger charge is 2.15.